The van der Waals surface area contributed by atoms with Gasteiger partial charge in [0.05, 0.1) is 12.4 Å². The van der Waals surface area contributed by atoms with Gasteiger partial charge in [-0.05, 0) is 24.6 Å². The Bertz CT molecular complexity index is 733. The van der Waals surface area contributed by atoms with E-state index in [1.807, 2.05) is 23.6 Å². The van der Waals surface area contributed by atoms with E-state index in [1.54, 1.807) is 13.2 Å². The molecule has 1 amide bonds. The third-order valence-electron chi connectivity index (χ3n) is 3.66. The van der Waals surface area contributed by atoms with Crippen LogP contribution in [0.1, 0.15) is 31.2 Å². The Morgan fingerprint density at radius 3 is 2.84 bits per heavy atom. The summed E-state index contributed by atoms with van der Waals surface area (Å²) >= 11 is 7.44. The van der Waals surface area contributed by atoms with Crippen LogP contribution in [0.25, 0.3) is 0 Å². The van der Waals surface area contributed by atoms with E-state index in [0.29, 0.717) is 18.2 Å². The lowest BCUT2D eigenvalue weighted by Gasteiger charge is -2.12. The van der Waals surface area contributed by atoms with Crippen LogP contribution in [0.3, 0.4) is 0 Å². The molecule has 0 spiro atoms. The molecule has 6 nitrogen and oxygen atoms in total. The number of rotatable bonds is 8. The quantitative estimate of drug-likeness (QED) is 0.704. The highest BCUT2D eigenvalue weighted by Crippen LogP contribution is 2.24. The van der Waals surface area contributed by atoms with Crippen LogP contribution in [-0.4, -0.2) is 40.1 Å². The van der Waals surface area contributed by atoms with Crippen LogP contribution in [-0.2, 0) is 16.1 Å². The van der Waals surface area contributed by atoms with Gasteiger partial charge in [-0.2, -0.15) is 0 Å². The molecule has 0 atom stereocenters. The van der Waals surface area contributed by atoms with E-state index in [9.17, 15) is 4.79 Å². The lowest BCUT2D eigenvalue weighted by atomic mass is 10.2. The zero-order chi connectivity index (χ0) is 18.4. The van der Waals surface area contributed by atoms with Crippen molar-refractivity contribution >= 4 is 35.0 Å². The average molecular weight is 383 g/mol. The second-order valence-corrected chi connectivity index (χ2v) is 7.24. The molecule has 2 rings (SSSR count). The Labute approximate surface area is 157 Å². The molecule has 0 saturated heterocycles. The first-order valence-corrected chi connectivity index (χ1v) is 9.40. The topological polar surface area (TPSA) is 69.0 Å². The molecule has 0 fully saturated rings. The number of hydrogen-bond donors (Lipinski definition) is 1. The molecule has 0 aliphatic rings. The number of ether oxygens (including phenoxy) is 1. The van der Waals surface area contributed by atoms with Crippen molar-refractivity contribution in [3.05, 3.63) is 34.6 Å². The predicted octanol–water partition coefficient (Wildman–Crippen LogP) is 3.74. The van der Waals surface area contributed by atoms with Crippen LogP contribution in [0.2, 0.25) is 5.02 Å². The van der Waals surface area contributed by atoms with Crippen LogP contribution in [0.4, 0.5) is 5.69 Å². The third-order valence-corrected chi connectivity index (χ3v) is 5.03. The van der Waals surface area contributed by atoms with Gasteiger partial charge in [0.15, 0.2) is 5.16 Å². The maximum Gasteiger partial charge on any atom is 0.234 e. The number of nitrogens with zero attached hydrogens (tertiary/aromatic N) is 3. The van der Waals surface area contributed by atoms with Crippen LogP contribution in [0, 0.1) is 6.92 Å². The van der Waals surface area contributed by atoms with E-state index < -0.39 is 0 Å². The fraction of sp³-hybridized carbons (Fsp3) is 0.471. The zero-order valence-electron chi connectivity index (χ0n) is 14.9. The minimum atomic E-state index is -0.109. The van der Waals surface area contributed by atoms with Gasteiger partial charge < -0.3 is 14.6 Å². The molecule has 0 bridgehead atoms. The average Bonchev–Trinajstić information content (AvgIpc) is 2.98. The van der Waals surface area contributed by atoms with Gasteiger partial charge in [0, 0.05) is 30.3 Å². The van der Waals surface area contributed by atoms with Crippen molar-refractivity contribution < 1.29 is 9.53 Å². The number of carbonyl (C=O) groups is 1. The number of benzene rings is 1. The fourth-order valence-electron chi connectivity index (χ4n) is 2.29. The number of halogens is 1. The minimum Gasteiger partial charge on any atom is -0.383 e. The first kappa shape index (κ1) is 19.8. The van der Waals surface area contributed by atoms with Gasteiger partial charge in [-0.3, -0.25) is 4.79 Å². The second kappa shape index (κ2) is 9.22. The molecule has 1 aromatic carbocycles. The van der Waals surface area contributed by atoms with Crippen LogP contribution in [0.15, 0.2) is 23.4 Å². The van der Waals surface area contributed by atoms with Crippen molar-refractivity contribution in [3.8, 4) is 0 Å². The van der Waals surface area contributed by atoms with E-state index in [-0.39, 0.29) is 17.6 Å². The molecule has 0 radical (unpaired) electrons. The highest BCUT2D eigenvalue weighted by atomic mass is 35.5. The molecule has 1 aromatic heterocycles. The Morgan fingerprint density at radius 2 is 2.16 bits per heavy atom. The van der Waals surface area contributed by atoms with E-state index >= 15 is 0 Å². The second-order valence-electron chi connectivity index (χ2n) is 5.89. The van der Waals surface area contributed by atoms with Crippen LogP contribution in [0.5, 0.6) is 0 Å². The summed E-state index contributed by atoms with van der Waals surface area (Å²) in [6.07, 6.45) is 0. The predicted molar refractivity (Wildman–Crippen MR) is 102 cm³/mol. The SMILES string of the molecule is COCCn1c(SCC(=O)Nc2cccc(Cl)c2C)nnc1C(C)C. The molecule has 2 aromatic rings. The summed E-state index contributed by atoms with van der Waals surface area (Å²) in [5, 5.41) is 12.7. The van der Waals surface area contributed by atoms with Crippen molar-refractivity contribution in [3.63, 3.8) is 0 Å². The maximum atomic E-state index is 12.3. The van der Waals surface area contributed by atoms with Gasteiger partial charge >= 0.3 is 0 Å². The number of thioether (sulfide) groups is 1. The van der Waals surface area contributed by atoms with Gasteiger partial charge in [-0.25, -0.2) is 0 Å². The molecule has 25 heavy (non-hydrogen) atoms. The number of amides is 1. The maximum absolute atomic E-state index is 12.3. The fourth-order valence-corrected chi connectivity index (χ4v) is 3.23. The Morgan fingerprint density at radius 1 is 1.40 bits per heavy atom. The summed E-state index contributed by atoms with van der Waals surface area (Å²) in [7, 11) is 1.66. The van der Waals surface area contributed by atoms with E-state index in [4.69, 9.17) is 16.3 Å². The Balaban J connectivity index is 2.03. The number of methoxy groups -OCH3 is 1. The molecule has 0 aliphatic carbocycles. The number of nitrogens with one attached hydrogen (secondary N) is 1. The van der Waals surface area contributed by atoms with Crippen molar-refractivity contribution in [2.75, 3.05) is 24.8 Å². The molecule has 1 N–H and O–H groups in total. The Hall–Kier alpha value is -1.57. The van der Waals surface area contributed by atoms with Crippen LogP contribution >= 0.6 is 23.4 Å². The molecule has 0 saturated carbocycles. The normalized spacial score (nSPS) is 11.1. The minimum absolute atomic E-state index is 0.109. The largest absolute Gasteiger partial charge is 0.383 e. The van der Waals surface area contributed by atoms with Crippen molar-refractivity contribution in [1.29, 1.82) is 0 Å². The highest BCUT2D eigenvalue weighted by molar-refractivity contribution is 7.99. The van der Waals surface area contributed by atoms with Gasteiger partial charge in [-0.15, -0.1) is 10.2 Å². The number of aromatic nitrogens is 3. The molecular formula is C17H23ClN4O2S. The third kappa shape index (κ3) is 5.20. The number of hydrogen-bond acceptors (Lipinski definition) is 5. The summed E-state index contributed by atoms with van der Waals surface area (Å²) in [4.78, 5) is 12.3. The zero-order valence-corrected chi connectivity index (χ0v) is 16.4. The molecule has 8 heteroatoms. The summed E-state index contributed by atoms with van der Waals surface area (Å²) in [6.45, 7) is 7.24. The van der Waals surface area contributed by atoms with Crippen LogP contribution < -0.4 is 5.32 Å². The standard InChI is InChI=1S/C17H23ClN4O2S/c1-11(2)16-20-21-17(22(16)8-9-24-4)25-10-15(23)19-14-7-5-6-13(18)12(14)3/h5-7,11H,8-10H2,1-4H3,(H,19,23). The number of carbonyl (C=O) groups excluding carboxylic acids is 1. The lowest BCUT2D eigenvalue weighted by Crippen LogP contribution is -2.16. The van der Waals surface area contributed by atoms with Crippen molar-refractivity contribution in [2.24, 2.45) is 0 Å². The van der Waals surface area contributed by atoms with E-state index in [1.165, 1.54) is 11.8 Å². The summed E-state index contributed by atoms with van der Waals surface area (Å²) < 4.78 is 7.17. The van der Waals surface area contributed by atoms with Crippen molar-refractivity contribution in [2.45, 2.75) is 38.4 Å². The molecule has 136 valence electrons. The highest BCUT2D eigenvalue weighted by Gasteiger charge is 2.16. The van der Waals surface area contributed by atoms with Crippen molar-refractivity contribution in [1.82, 2.24) is 14.8 Å². The molecule has 1 heterocycles. The van der Waals surface area contributed by atoms with E-state index in [2.05, 4.69) is 29.4 Å². The molecule has 0 unspecified atom stereocenters. The van der Waals surface area contributed by atoms with E-state index in [0.717, 1.165) is 22.2 Å². The summed E-state index contributed by atoms with van der Waals surface area (Å²) in [6, 6.07) is 5.45. The molecular weight excluding hydrogens is 360 g/mol. The Kier molecular flexibility index (Phi) is 7.28. The smallest absolute Gasteiger partial charge is 0.234 e. The van der Waals surface area contributed by atoms with Gasteiger partial charge in [0.2, 0.25) is 5.91 Å². The van der Waals surface area contributed by atoms with Gasteiger partial charge in [0.1, 0.15) is 5.82 Å². The van der Waals surface area contributed by atoms with Gasteiger partial charge in [-0.1, -0.05) is 43.3 Å². The summed E-state index contributed by atoms with van der Waals surface area (Å²) in [5.74, 6) is 1.28. The van der Waals surface area contributed by atoms with Gasteiger partial charge in [0.25, 0.3) is 0 Å². The molecule has 0 aliphatic heterocycles. The first-order chi connectivity index (χ1) is 11.9. The monoisotopic (exact) mass is 382 g/mol. The lowest BCUT2D eigenvalue weighted by molar-refractivity contribution is -0.113. The summed E-state index contributed by atoms with van der Waals surface area (Å²) in [5.41, 5.74) is 1.58. The number of anilines is 1. The first-order valence-electron chi connectivity index (χ1n) is 8.03.